The van der Waals surface area contributed by atoms with Crippen molar-refractivity contribution in [2.45, 2.75) is 52.1 Å². The van der Waals surface area contributed by atoms with Gasteiger partial charge < -0.3 is 9.64 Å². The van der Waals surface area contributed by atoms with Gasteiger partial charge in [0.25, 0.3) is 5.91 Å². The van der Waals surface area contributed by atoms with Crippen molar-refractivity contribution >= 4 is 11.7 Å². The number of ketones is 1. The van der Waals surface area contributed by atoms with Gasteiger partial charge >= 0.3 is 0 Å². The highest BCUT2D eigenvalue weighted by Gasteiger charge is 2.29. The van der Waals surface area contributed by atoms with Gasteiger partial charge in [0.05, 0.1) is 0 Å². The maximum absolute atomic E-state index is 13.9. The average Bonchev–Trinajstić information content (AvgIpc) is 2.45. The van der Waals surface area contributed by atoms with E-state index in [2.05, 4.69) is 0 Å². The second kappa shape index (κ2) is 6.90. The third kappa shape index (κ3) is 3.64. The van der Waals surface area contributed by atoms with Gasteiger partial charge in [-0.3, -0.25) is 9.59 Å². The van der Waals surface area contributed by atoms with Crippen LogP contribution in [0, 0.1) is 5.82 Å². The Balaban J connectivity index is 2.00. The van der Waals surface area contributed by atoms with Crippen molar-refractivity contribution < 1.29 is 18.7 Å². The predicted octanol–water partition coefficient (Wildman–Crippen LogP) is 3.20. The molecule has 1 heterocycles. The number of Topliss-reactive ketones (excluding diaryl/α,β-unsaturated/α-hetero) is 1. The summed E-state index contributed by atoms with van der Waals surface area (Å²) in [4.78, 5) is 25.3. The van der Waals surface area contributed by atoms with Gasteiger partial charge in [0.15, 0.2) is 24.0 Å². The summed E-state index contributed by atoms with van der Waals surface area (Å²) < 4.78 is 19.2. The number of piperidine rings is 1. The fourth-order valence-electron chi connectivity index (χ4n) is 2.96. The average molecular weight is 307 g/mol. The molecule has 0 aromatic heterocycles. The van der Waals surface area contributed by atoms with Crippen LogP contribution in [0.1, 0.15) is 50.4 Å². The molecule has 0 radical (unpaired) electrons. The van der Waals surface area contributed by atoms with Crippen molar-refractivity contribution in [2.24, 2.45) is 0 Å². The van der Waals surface area contributed by atoms with E-state index in [1.54, 1.807) is 0 Å². The van der Waals surface area contributed by atoms with Gasteiger partial charge in [-0.2, -0.15) is 0 Å². The minimum atomic E-state index is -0.625. The molecule has 0 N–H and O–H groups in total. The number of hydrogen-bond donors (Lipinski definition) is 0. The Morgan fingerprint density at radius 3 is 2.45 bits per heavy atom. The van der Waals surface area contributed by atoms with Crippen molar-refractivity contribution in [3.8, 4) is 5.75 Å². The van der Waals surface area contributed by atoms with E-state index in [1.807, 2.05) is 18.7 Å². The van der Waals surface area contributed by atoms with Crippen LogP contribution in [-0.2, 0) is 4.79 Å². The molecule has 1 aromatic carbocycles. The smallest absolute Gasteiger partial charge is 0.260 e. The van der Waals surface area contributed by atoms with Crippen LogP contribution in [0.3, 0.4) is 0 Å². The molecule has 0 bridgehead atoms. The van der Waals surface area contributed by atoms with E-state index in [0.717, 1.165) is 25.3 Å². The lowest BCUT2D eigenvalue weighted by atomic mass is 9.97. The van der Waals surface area contributed by atoms with Gasteiger partial charge in [-0.15, -0.1) is 0 Å². The summed E-state index contributed by atoms with van der Waals surface area (Å²) in [6.07, 6.45) is 3.09. The second-order valence-electron chi connectivity index (χ2n) is 5.92. The Labute approximate surface area is 130 Å². The van der Waals surface area contributed by atoms with Crippen molar-refractivity contribution in [1.29, 1.82) is 0 Å². The summed E-state index contributed by atoms with van der Waals surface area (Å²) in [5, 5.41) is 0. The highest BCUT2D eigenvalue weighted by molar-refractivity contribution is 5.94. The minimum absolute atomic E-state index is 0.00401. The van der Waals surface area contributed by atoms with E-state index in [9.17, 15) is 14.0 Å². The van der Waals surface area contributed by atoms with Gasteiger partial charge in [0, 0.05) is 17.6 Å². The van der Waals surface area contributed by atoms with Crippen LogP contribution in [0.4, 0.5) is 4.39 Å². The lowest BCUT2D eigenvalue weighted by Crippen LogP contribution is -2.49. The second-order valence-corrected chi connectivity index (χ2v) is 5.92. The number of carbonyl (C=O) groups excluding carboxylic acids is 2. The first-order chi connectivity index (χ1) is 10.4. The highest BCUT2D eigenvalue weighted by atomic mass is 19.1. The quantitative estimate of drug-likeness (QED) is 0.803. The van der Waals surface area contributed by atoms with Crippen LogP contribution >= 0.6 is 0 Å². The number of carbonyl (C=O) groups is 2. The standard InChI is InChI=1S/C17H22FNO3/c1-11-5-4-6-12(2)19(11)17(21)10-22-16-8-7-14(13(3)20)9-15(16)18/h7-9,11-12H,4-6,10H2,1-3H3. The van der Waals surface area contributed by atoms with Gasteiger partial charge in [-0.25, -0.2) is 4.39 Å². The van der Waals surface area contributed by atoms with Crippen molar-refractivity contribution in [3.63, 3.8) is 0 Å². The molecule has 1 aliphatic rings. The van der Waals surface area contributed by atoms with E-state index in [0.29, 0.717) is 0 Å². The van der Waals surface area contributed by atoms with E-state index in [-0.39, 0.29) is 41.7 Å². The predicted molar refractivity (Wildman–Crippen MR) is 81.5 cm³/mol. The fourth-order valence-corrected chi connectivity index (χ4v) is 2.96. The molecule has 2 rings (SSSR count). The Hall–Kier alpha value is -1.91. The van der Waals surface area contributed by atoms with Crippen molar-refractivity contribution in [2.75, 3.05) is 6.61 Å². The molecule has 1 saturated heterocycles. The highest BCUT2D eigenvalue weighted by Crippen LogP contribution is 2.23. The lowest BCUT2D eigenvalue weighted by Gasteiger charge is -2.38. The summed E-state index contributed by atoms with van der Waals surface area (Å²) in [5.41, 5.74) is 0.287. The molecule has 1 aromatic rings. The van der Waals surface area contributed by atoms with Crippen LogP contribution in [0.5, 0.6) is 5.75 Å². The molecule has 0 spiro atoms. The van der Waals surface area contributed by atoms with Crippen molar-refractivity contribution in [1.82, 2.24) is 4.90 Å². The first-order valence-electron chi connectivity index (χ1n) is 7.64. The third-order valence-electron chi connectivity index (χ3n) is 4.17. The molecule has 1 amide bonds. The van der Waals surface area contributed by atoms with Crippen LogP contribution < -0.4 is 4.74 Å². The monoisotopic (exact) mass is 307 g/mol. The number of rotatable bonds is 4. The summed E-state index contributed by atoms with van der Waals surface area (Å²) in [6, 6.07) is 4.39. The Morgan fingerprint density at radius 1 is 1.27 bits per heavy atom. The topological polar surface area (TPSA) is 46.6 Å². The van der Waals surface area contributed by atoms with Crippen molar-refractivity contribution in [3.05, 3.63) is 29.6 Å². The molecule has 2 unspecified atom stereocenters. The molecule has 5 heteroatoms. The molecule has 22 heavy (non-hydrogen) atoms. The Bertz CT molecular complexity index is 563. The van der Waals surface area contributed by atoms with E-state index in [4.69, 9.17) is 4.74 Å². The number of benzene rings is 1. The molecule has 1 fully saturated rings. The van der Waals surface area contributed by atoms with Crippen LogP contribution in [0.2, 0.25) is 0 Å². The summed E-state index contributed by atoms with van der Waals surface area (Å²) in [5.74, 6) is -0.969. The number of halogens is 1. The zero-order chi connectivity index (χ0) is 16.3. The summed E-state index contributed by atoms with van der Waals surface area (Å²) in [7, 11) is 0. The largest absolute Gasteiger partial charge is 0.481 e. The number of amides is 1. The van der Waals surface area contributed by atoms with E-state index < -0.39 is 5.82 Å². The van der Waals surface area contributed by atoms with E-state index >= 15 is 0 Å². The maximum atomic E-state index is 13.9. The Morgan fingerprint density at radius 2 is 1.91 bits per heavy atom. The van der Waals surface area contributed by atoms with Gasteiger partial charge in [0.1, 0.15) is 0 Å². The first-order valence-corrected chi connectivity index (χ1v) is 7.64. The SMILES string of the molecule is CC(=O)c1ccc(OCC(=O)N2C(C)CCCC2C)c(F)c1. The molecule has 2 atom stereocenters. The number of ether oxygens (including phenoxy) is 1. The maximum Gasteiger partial charge on any atom is 0.260 e. The number of likely N-dealkylation sites (tertiary alicyclic amines) is 1. The van der Waals surface area contributed by atoms with Crippen LogP contribution in [0.15, 0.2) is 18.2 Å². The van der Waals surface area contributed by atoms with Gasteiger partial charge in [-0.1, -0.05) is 0 Å². The molecule has 0 saturated carbocycles. The number of hydrogen-bond acceptors (Lipinski definition) is 3. The zero-order valence-corrected chi connectivity index (χ0v) is 13.3. The number of nitrogens with zero attached hydrogens (tertiary/aromatic N) is 1. The molecular weight excluding hydrogens is 285 g/mol. The first kappa shape index (κ1) is 16.5. The fraction of sp³-hybridized carbons (Fsp3) is 0.529. The molecule has 120 valence electrons. The lowest BCUT2D eigenvalue weighted by molar-refractivity contribution is -0.139. The van der Waals surface area contributed by atoms with E-state index in [1.165, 1.54) is 19.1 Å². The van der Waals surface area contributed by atoms with Crippen LogP contribution in [-0.4, -0.2) is 35.3 Å². The minimum Gasteiger partial charge on any atom is -0.481 e. The van der Waals surface area contributed by atoms with Crippen LogP contribution in [0.25, 0.3) is 0 Å². The molecule has 1 aliphatic heterocycles. The zero-order valence-electron chi connectivity index (χ0n) is 13.3. The third-order valence-corrected chi connectivity index (χ3v) is 4.17. The molecular formula is C17H22FNO3. The normalized spacial score (nSPS) is 21.5. The van der Waals surface area contributed by atoms with Gasteiger partial charge in [-0.05, 0) is 58.2 Å². The molecule has 0 aliphatic carbocycles. The Kier molecular flexibility index (Phi) is 5.16. The van der Waals surface area contributed by atoms with Gasteiger partial charge in [0.2, 0.25) is 0 Å². The molecule has 4 nitrogen and oxygen atoms in total. The summed E-state index contributed by atoms with van der Waals surface area (Å²) >= 11 is 0. The summed E-state index contributed by atoms with van der Waals surface area (Å²) in [6.45, 7) is 5.23.